The number of benzene rings is 1. The van der Waals surface area contributed by atoms with Crippen LogP contribution in [0.1, 0.15) is 24.0 Å². The molecule has 0 amide bonds. The highest BCUT2D eigenvalue weighted by molar-refractivity contribution is 5.27. The van der Waals surface area contributed by atoms with Crippen molar-refractivity contribution in [2.24, 2.45) is 7.05 Å². The van der Waals surface area contributed by atoms with Crippen LogP contribution in [-0.4, -0.2) is 29.2 Å². The van der Waals surface area contributed by atoms with Gasteiger partial charge in [0.1, 0.15) is 5.75 Å². The van der Waals surface area contributed by atoms with Gasteiger partial charge >= 0.3 is 0 Å². The number of likely N-dealkylation sites (tertiary alicyclic amines) is 1. The first-order valence-corrected chi connectivity index (χ1v) is 8.18. The Morgan fingerprint density at radius 1 is 1.17 bits per heavy atom. The van der Waals surface area contributed by atoms with Gasteiger partial charge in [0, 0.05) is 31.9 Å². The molecule has 0 aliphatic carbocycles. The Bertz CT molecular complexity index is 706. The van der Waals surface area contributed by atoms with E-state index in [1.165, 1.54) is 18.4 Å². The van der Waals surface area contributed by atoms with Gasteiger partial charge in [-0.3, -0.25) is 9.69 Å². The zero-order valence-corrected chi connectivity index (χ0v) is 13.9. The lowest BCUT2D eigenvalue weighted by molar-refractivity contribution is 0.243. The van der Waals surface area contributed by atoms with Gasteiger partial charge in [-0.2, -0.15) is 0 Å². The van der Waals surface area contributed by atoms with Crippen molar-refractivity contribution in [2.75, 3.05) is 13.7 Å². The molecule has 0 spiro atoms. The van der Waals surface area contributed by atoms with Gasteiger partial charge in [0.25, 0.3) is 5.56 Å². The fraction of sp³-hybridized carbons (Fsp3) is 0.421. The van der Waals surface area contributed by atoms with E-state index in [0.29, 0.717) is 6.04 Å². The Morgan fingerprint density at radius 2 is 1.96 bits per heavy atom. The van der Waals surface area contributed by atoms with Crippen LogP contribution in [0.3, 0.4) is 0 Å². The summed E-state index contributed by atoms with van der Waals surface area (Å²) in [5.41, 5.74) is 2.51. The molecule has 1 aliphatic heterocycles. The lowest BCUT2D eigenvalue weighted by Crippen LogP contribution is -2.31. The van der Waals surface area contributed by atoms with Crippen molar-refractivity contribution < 1.29 is 4.74 Å². The van der Waals surface area contributed by atoms with E-state index in [1.807, 2.05) is 24.4 Å². The molecule has 1 atom stereocenters. The molecule has 0 radical (unpaired) electrons. The first kappa shape index (κ1) is 15.8. The van der Waals surface area contributed by atoms with Crippen molar-refractivity contribution in [1.82, 2.24) is 9.47 Å². The highest BCUT2D eigenvalue weighted by Crippen LogP contribution is 2.24. The minimum absolute atomic E-state index is 0.0633. The van der Waals surface area contributed by atoms with Crippen LogP contribution in [0.4, 0.5) is 0 Å². The molecule has 0 saturated carbocycles. The molecule has 2 heterocycles. The van der Waals surface area contributed by atoms with Crippen LogP contribution in [0.2, 0.25) is 0 Å². The molecule has 1 aromatic carbocycles. The van der Waals surface area contributed by atoms with Crippen LogP contribution in [0.25, 0.3) is 0 Å². The summed E-state index contributed by atoms with van der Waals surface area (Å²) in [6.07, 6.45) is 5.35. The summed E-state index contributed by atoms with van der Waals surface area (Å²) < 4.78 is 6.83. The Labute approximate surface area is 137 Å². The summed E-state index contributed by atoms with van der Waals surface area (Å²) in [7, 11) is 3.48. The fourth-order valence-corrected chi connectivity index (χ4v) is 3.29. The predicted octanol–water partition coefficient (Wildman–Crippen LogP) is 2.60. The monoisotopic (exact) mass is 312 g/mol. The van der Waals surface area contributed by atoms with Crippen molar-refractivity contribution >= 4 is 0 Å². The molecule has 1 aliphatic rings. The summed E-state index contributed by atoms with van der Waals surface area (Å²) in [5.74, 6) is 0.900. The number of methoxy groups -OCH3 is 1. The topological polar surface area (TPSA) is 34.5 Å². The minimum atomic E-state index is 0.0633. The van der Waals surface area contributed by atoms with Crippen molar-refractivity contribution in [3.05, 3.63) is 64.1 Å². The van der Waals surface area contributed by atoms with Crippen LogP contribution in [0, 0.1) is 0 Å². The van der Waals surface area contributed by atoms with Crippen LogP contribution in [0.5, 0.6) is 5.75 Å². The van der Waals surface area contributed by atoms with Gasteiger partial charge in [-0.15, -0.1) is 0 Å². The maximum absolute atomic E-state index is 11.8. The lowest BCUT2D eigenvalue weighted by atomic mass is 10.0. The lowest BCUT2D eigenvalue weighted by Gasteiger charge is -2.24. The normalized spacial score (nSPS) is 18.3. The average molecular weight is 312 g/mol. The zero-order chi connectivity index (χ0) is 16.2. The van der Waals surface area contributed by atoms with Crippen LogP contribution >= 0.6 is 0 Å². The molecule has 4 heteroatoms. The van der Waals surface area contributed by atoms with Crippen LogP contribution < -0.4 is 10.3 Å². The molecular weight excluding hydrogens is 288 g/mol. The summed E-state index contributed by atoms with van der Waals surface area (Å²) in [6.45, 7) is 1.97. The fourth-order valence-electron chi connectivity index (χ4n) is 3.29. The SMILES string of the molecule is COc1ccc(CC2CCCN2Cc2ccn(C)c(=O)c2)cc1. The summed E-state index contributed by atoms with van der Waals surface area (Å²) in [4.78, 5) is 14.3. The predicted molar refractivity (Wildman–Crippen MR) is 91.8 cm³/mol. The minimum Gasteiger partial charge on any atom is -0.497 e. The summed E-state index contributed by atoms with van der Waals surface area (Å²) in [5, 5.41) is 0. The van der Waals surface area contributed by atoms with E-state index in [9.17, 15) is 4.79 Å². The first-order chi connectivity index (χ1) is 11.2. The Hall–Kier alpha value is -2.07. The van der Waals surface area contributed by atoms with E-state index in [0.717, 1.165) is 30.8 Å². The Kier molecular flexibility index (Phi) is 4.82. The standard InChI is InChI=1S/C19H24N2O2/c1-20-11-9-16(13-19(20)22)14-21-10-3-4-17(21)12-15-5-7-18(23-2)8-6-15/h5-9,11,13,17H,3-4,10,12,14H2,1-2H3. The summed E-state index contributed by atoms with van der Waals surface area (Å²) in [6, 6.07) is 12.7. The Morgan fingerprint density at radius 3 is 2.65 bits per heavy atom. The molecule has 23 heavy (non-hydrogen) atoms. The second kappa shape index (κ2) is 7.01. The highest BCUT2D eigenvalue weighted by atomic mass is 16.5. The molecular formula is C19H24N2O2. The molecule has 1 saturated heterocycles. The van der Waals surface area contributed by atoms with Crippen LogP contribution in [0.15, 0.2) is 47.4 Å². The van der Waals surface area contributed by atoms with Gasteiger partial charge in [0.2, 0.25) is 0 Å². The van der Waals surface area contributed by atoms with E-state index in [1.54, 1.807) is 24.8 Å². The Balaban J connectivity index is 1.67. The number of aromatic nitrogens is 1. The number of aryl methyl sites for hydroxylation is 1. The second-order valence-corrected chi connectivity index (χ2v) is 6.30. The third kappa shape index (κ3) is 3.82. The molecule has 1 unspecified atom stereocenters. The van der Waals surface area contributed by atoms with Gasteiger partial charge < -0.3 is 9.30 Å². The largest absolute Gasteiger partial charge is 0.497 e. The van der Waals surface area contributed by atoms with Crippen molar-refractivity contribution in [1.29, 1.82) is 0 Å². The molecule has 2 aromatic rings. The maximum atomic E-state index is 11.8. The van der Waals surface area contributed by atoms with Gasteiger partial charge in [-0.1, -0.05) is 12.1 Å². The number of nitrogens with zero attached hydrogens (tertiary/aromatic N) is 2. The van der Waals surface area contributed by atoms with Gasteiger partial charge in [0.05, 0.1) is 7.11 Å². The quantitative estimate of drug-likeness (QED) is 0.851. The maximum Gasteiger partial charge on any atom is 0.250 e. The van der Waals surface area contributed by atoms with Crippen molar-refractivity contribution in [3.63, 3.8) is 0 Å². The molecule has 0 N–H and O–H groups in total. The van der Waals surface area contributed by atoms with Gasteiger partial charge in [0.15, 0.2) is 0 Å². The van der Waals surface area contributed by atoms with Crippen molar-refractivity contribution in [2.45, 2.75) is 31.8 Å². The average Bonchev–Trinajstić information content (AvgIpc) is 2.98. The molecule has 4 nitrogen and oxygen atoms in total. The summed E-state index contributed by atoms with van der Waals surface area (Å²) >= 11 is 0. The zero-order valence-electron chi connectivity index (χ0n) is 13.9. The van der Waals surface area contributed by atoms with E-state index >= 15 is 0 Å². The van der Waals surface area contributed by atoms with Gasteiger partial charge in [-0.25, -0.2) is 0 Å². The molecule has 1 aromatic heterocycles. The second-order valence-electron chi connectivity index (χ2n) is 6.30. The number of ether oxygens (including phenoxy) is 1. The number of hydrogen-bond donors (Lipinski definition) is 0. The third-order valence-corrected chi connectivity index (χ3v) is 4.68. The number of rotatable bonds is 5. The molecule has 3 rings (SSSR count). The first-order valence-electron chi connectivity index (χ1n) is 8.18. The van der Waals surface area contributed by atoms with E-state index in [2.05, 4.69) is 17.0 Å². The van der Waals surface area contributed by atoms with E-state index in [-0.39, 0.29) is 5.56 Å². The molecule has 0 bridgehead atoms. The van der Waals surface area contributed by atoms with Gasteiger partial charge in [-0.05, 0) is 55.1 Å². The van der Waals surface area contributed by atoms with Crippen LogP contribution in [-0.2, 0) is 20.0 Å². The molecule has 1 fully saturated rings. The third-order valence-electron chi connectivity index (χ3n) is 4.68. The highest BCUT2D eigenvalue weighted by Gasteiger charge is 2.24. The number of hydrogen-bond acceptors (Lipinski definition) is 3. The molecule has 122 valence electrons. The number of pyridine rings is 1. The van der Waals surface area contributed by atoms with Crippen molar-refractivity contribution in [3.8, 4) is 5.75 Å². The van der Waals surface area contributed by atoms with E-state index < -0.39 is 0 Å². The van der Waals surface area contributed by atoms with E-state index in [4.69, 9.17) is 4.74 Å². The smallest absolute Gasteiger partial charge is 0.250 e.